The molecule has 0 spiro atoms. The van der Waals surface area contributed by atoms with Crippen molar-refractivity contribution in [1.82, 2.24) is 24.4 Å². The van der Waals surface area contributed by atoms with Crippen LogP contribution in [0.3, 0.4) is 0 Å². The molecule has 0 atom stereocenters. The van der Waals surface area contributed by atoms with Gasteiger partial charge >= 0.3 is 0 Å². The molecule has 0 radical (unpaired) electrons. The zero-order valence-corrected chi connectivity index (χ0v) is 19.9. The van der Waals surface area contributed by atoms with Crippen molar-refractivity contribution in [3.05, 3.63) is 90.4 Å². The number of benzene rings is 2. The smallest absolute Gasteiger partial charge is 0.262 e. The fraction of sp³-hybridized carbons (Fsp3) is 0.120. The summed E-state index contributed by atoms with van der Waals surface area (Å²) in [5, 5.41) is 11.8. The number of aromatic nitrogens is 5. The molecule has 5 rings (SSSR count). The molecule has 0 saturated heterocycles. The molecular weight excluding hydrogens is 464 g/mol. The molecule has 0 aliphatic rings. The Kier molecular flexibility index (Phi) is 5.65. The first-order valence-corrected chi connectivity index (χ1v) is 12.6. The second kappa shape index (κ2) is 8.80. The third kappa shape index (κ3) is 4.31. The molecule has 2 aromatic carbocycles. The topological polar surface area (TPSA) is 111 Å². The number of carbonyl (C=O) groups is 1. The Morgan fingerprint density at radius 1 is 1.06 bits per heavy atom. The molecule has 176 valence electrons. The van der Waals surface area contributed by atoms with Gasteiger partial charge < -0.3 is 5.32 Å². The van der Waals surface area contributed by atoms with E-state index in [2.05, 4.69) is 15.4 Å². The van der Waals surface area contributed by atoms with Crippen LogP contribution in [-0.2, 0) is 9.84 Å². The molecule has 0 bridgehead atoms. The third-order valence-electron chi connectivity index (χ3n) is 5.64. The van der Waals surface area contributed by atoms with Crippen LogP contribution in [0.2, 0.25) is 0 Å². The van der Waals surface area contributed by atoms with Crippen molar-refractivity contribution in [3.8, 4) is 16.9 Å². The lowest BCUT2D eigenvalue weighted by molar-refractivity contribution is 0.102. The molecular formula is C25H22N6O3S. The first-order valence-electron chi connectivity index (χ1n) is 11.0. The molecule has 0 unspecified atom stereocenters. The second-order valence-electron chi connectivity index (χ2n) is 7.99. The third-order valence-corrected chi connectivity index (χ3v) is 7.39. The van der Waals surface area contributed by atoms with E-state index in [0.717, 1.165) is 16.8 Å². The maximum atomic E-state index is 13.1. The molecule has 35 heavy (non-hydrogen) atoms. The van der Waals surface area contributed by atoms with Gasteiger partial charge in [0.2, 0.25) is 0 Å². The van der Waals surface area contributed by atoms with Gasteiger partial charge in [-0.25, -0.2) is 22.6 Å². The van der Waals surface area contributed by atoms with Gasteiger partial charge in [-0.05, 0) is 37.3 Å². The van der Waals surface area contributed by atoms with E-state index in [4.69, 9.17) is 5.10 Å². The zero-order chi connectivity index (χ0) is 24.6. The Morgan fingerprint density at radius 3 is 2.51 bits per heavy atom. The van der Waals surface area contributed by atoms with Crippen LogP contribution < -0.4 is 5.32 Å². The number of anilines is 1. The minimum Gasteiger partial charge on any atom is -0.306 e. The van der Waals surface area contributed by atoms with Crippen molar-refractivity contribution >= 4 is 27.2 Å². The summed E-state index contributed by atoms with van der Waals surface area (Å²) in [6.45, 7) is 3.60. The fourth-order valence-electron chi connectivity index (χ4n) is 3.66. The predicted molar refractivity (Wildman–Crippen MR) is 132 cm³/mol. The minimum absolute atomic E-state index is 0.0307. The molecule has 0 fully saturated rings. The van der Waals surface area contributed by atoms with Gasteiger partial charge in [-0.1, -0.05) is 36.8 Å². The molecule has 0 aliphatic heterocycles. The van der Waals surface area contributed by atoms with Gasteiger partial charge in [0.15, 0.2) is 15.5 Å². The number of hydrogen-bond donors (Lipinski definition) is 1. The summed E-state index contributed by atoms with van der Waals surface area (Å²) >= 11 is 0. The Bertz CT molecular complexity index is 1640. The predicted octanol–water partition coefficient (Wildman–Crippen LogP) is 3.94. The molecule has 3 aromatic heterocycles. The van der Waals surface area contributed by atoms with E-state index in [1.165, 1.54) is 10.7 Å². The number of sulfone groups is 1. The van der Waals surface area contributed by atoms with Crippen molar-refractivity contribution in [3.63, 3.8) is 0 Å². The molecule has 1 amide bonds. The monoisotopic (exact) mass is 486 g/mol. The first-order chi connectivity index (χ1) is 16.9. The molecule has 0 aliphatic carbocycles. The first kappa shape index (κ1) is 22.5. The highest BCUT2D eigenvalue weighted by Crippen LogP contribution is 2.27. The van der Waals surface area contributed by atoms with Gasteiger partial charge in [0.1, 0.15) is 11.4 Å². The van der Waals surface area contributed by atoms with E-state index in [1.807, 2.05) is 31.2 Å². The van der Waals surface area contributed by atoms with Gasteiger partial charge in [-0.3, -0.25) is 4.79 Å². The molecule has 1 N–H and O–H groups in total. The summed E-state index contributed by atoms with van der Waals surface area (Å²) < 4.78 is 27.5. The highest BCUT2D eigenvalue weighted by Gasteiger charge is 2.19. The number of aryl methyl sites for hydroxylation is 1. The van der Waals surface area contributed by atoms with Crippen LogP contribution in [0.25, 0.3) is 22.6 Å². The molecule has 9 nitrogen and oxygen atoms in total. The van der Waals surface area contributed by atoms with E-state index in [0.29, 0.717) is 22.7 Å². The number of hydrogen-bond acceptors (Lipinski definition) is 6. The van der Waals surface area contributed by atoms with Crippen LogP contribution >= 0.6 is 0 Å². The number of amides is 1. The average molecular weight is 487 g/mol. The average Bonchev–Trinajstić information content (AvgIpc) is 3.49. The van der Waals surface area contributed by atoms with Crippen molar-refractivity contribution in [2.45, 2.75) is 18.7 Å². The summed E-state index contributed by atoms with van der Waals surface area (Å²) in [4.78, 5) is 17.7. The van der Waals surface area contributed by atoms with E-state index in [9.17, 15) is 13.2 Å². The van der Waals surface area contributed by atoms with Crippen LogP contribution in [-0.4, -0.2) is 44.5 Å². The Labute approximate surface area is 202 Å². The van der Waals surface area contributed by atoms with Crippen LogP contribution in [0, 0.1) is 6.92 Å². The maximum Gasteiger partial charge on any atom is 0.262 e. The van der Waals surface area contributed by atoms with Crippen molar-refractivity contribution in [2.75, 3.05) is 11.1 Å². The number of fused-ring (bicyclic) bond motifs is 1. The summed E-state index contributed by atoms with van der Waals surface area (Å²) in [5.41, 5.74) is 3.94. The van der Waals surface area contributed by atoms with Crippen LogP contribution in [0.5, 0.6) is 0 Å². The van der Waals surface area contributed by atoms with Gasteiger partial charge in [-0.15, -0.1) is 0 Å². The minimum atomic E-state index is -3.30. The SMILES string of the molecule is CCS(=O)(=O)c1ccc(-c2cc(NC(=O)c3cnn4cccnc34)n(-c3ccc(C)cc3)n2)cc1. The molecule has 3 heterocycles. The lowest BCUT2D eigenvalue weighted by Crippen LogP contribution is -2.15. The summed E-state index contributed by atoms with van der Waals surface area (Å²) in [6.07, 6.45) is 4.79. The Hall–Kier alpha value is -4.31. The lowest BCUT2D eigenvalue weighted by atomic mass is 10.1. The normalized spacial score (nSPS) is 11.6. The van der Waals surface area contributed by atoms with Crippen LogP contribution in [0.15, 0.2) is 84.1 Å². The van der Waals surface area contributed by atoms with Crippen molar-refractivity contribution < 1.29 is 13.2 Å². The van der Waals surface area contributed by atoms with Gasteiger partial charge in [0.25, 0.3) is 5.91 Å². The van der Waals surface area contributed by atoms with Gasteiger partial charge in [-0.2, -0.15) is 10.2 Å². The highest BCUT2D eigenvalue weighted by molar-refractivity contribution is 7.91. The second-order valence-corrected chi connectivity index (χ2v) is 10.3. The quantitative estimate of drug-likeness (QED) is 0.389. The van der Waals surface area contributed by atoms with E-state index in [-0.39, 0.29) is 16.6 Å². The maximum absolute atomic E-state index is 13.1. The molecule has 0 saturated carbocycles. The number of nitrogens with zero attached hydrogens (tertiary/aromatic N) is 5. The highest BCUT2D eigenvalue weighted by atomic mass is 32.2. The van der Waals surface area contributed by atoms with Crippen LogP contribution in [0.4, 0.5) is 5.82 Å². The van der Waals surface area contributed by atoms with Gasteiger partial charge in [0, 0.05) is 24.0 Å². The zero-order valence-electron chi connectivity index (χ0n) is 19.1. The lowest BCUT2D eigenvalue weighted by Gasteiger charge is -2.08. The van der Waals surface area contributed by atoms with Crippen molar-refractivity contribution in [1.29, 1.82) is 0 Å². The summed E-state index contributed by atoms with van der Waals surface area (Å²) in [7, 11) is -3.30. The number of carbonyl (C=O) groups excluding carboxylic acids is 1. The van der Waals surface area contributed by atoms with Crippen molar-refractivity contribution in [2.24, 2.45) is 0 Å². The summed E-state index contributed by atoms with van der Waals surface area (Å²) in [6, 6.07) is 17.8. The standard InChI is InChI=1S/C25H22N6O3S/c1-3-35(33,34)20-11-7-18(8-12-20)22-15-23(31(29-22)19-9-5-17(2)6-10-19)28-25(32)21-16-27-30-14-4-13-26-24(21)30/h4-16H,3H2,1-2H3,(H,28,32). The summed E-state index contributed by atoms with van der Waals surface area (Å²) in [5.74, 6) is 0.112. The molecule has 10 heteroatoms. The molecule has 5 aromatic rings. The largest absolute Gasteiger partial charge is 0.306 e. The number of rotatable bonds is 6. The van der Waals surface area contributed by atoms with Gasteiger partial charge in [0.05, 0.1) is 28.2 Å². The fourth-order valence-corrected chi connectivity index (χ4v) is 4.55. The van der Waals surface area contributed by atoms with E-state index >= 15 is 0 Å². The number of nitrogens with one attached hydrogen (secondary N) is 1. The van der Waals surface area contributed by atoms with Crippen LogP contribution in [0.1, 0.15) is 22.8 Å². The van der Waals surface area contributed by atoms with E-state index < -0.39 is 9.84 Å². The Balaban J connectivity index is 1.54. The Morgan fingerprint density at radius 2 is 1.80 bits per heavy atom. The van der Waals surface area contributed by atoms with E-state index in [1.54, 1.807) is 60.4 Å².